The van der Waals surface area contributed by atoms with Crippen LogP contribution in [0.25, 0.3) is 32.9 Å². The van der Waals surface area contributed by atoms with Crippen LogP contribution in [0.4, 0.5) is 0 Å². The summed E-state index contributed by atoms with van der Waals surface area (Å²) in [6.45, 7) is 1.87. The molecule has 0 fully saturated rings. The molecule has 0 saturated heterocycles. The number of amides is 1. The number of benzene rings is 4. The van der Waals surface area contributed by atoms with Gasteiger partial charge >= 0.3 is 0 Å². The molecule has 4 aromatic carbocycles. The van der Waals surface area contributed by atoms with Gasteiger partial charge in [0.25, 0.3) is 15.9 Å². The summed E-state index contributed by atoms with van der Waals surface area (Å²) in [4.78, 5) is 20.6. The van der Waals surface area contributed by atoms with E-state index in [2.05, 4.69) is 10.3 Å². The zero-order valence-electron chi connectivity index (χ0n) is 18.3. The number of nitrogens with zero attached hydrogens (tertiary/aromatic N) is 1. The molecule has 0 unspecified atom stereocenters. The third-order valence-electron chi connectivity index (χ3n) is 5.65. The first-order chi connectivity index (χ1) is 16.4. The van der Waals surface area contributed by atoms with Crippen molar-refractivity contribution in [3.63, 3.8) is 0 Å². The van der Waals surface area contributed by atoms with Crippen LogP contribution in [-0.4, -0.2) is 19.3 Å². The van der Waals surface area contributed by atoms with Crippen molar-refractivity contribution < 1.29 is 13.2 Å². The van der Waals surface area contributed by atoms with E-state index in [0.717, 1.165) is 16.7 Å². The first kappa shape index (κ1) is 21.8. The normalized spacial score (nSPS) is 11.6. The minimum atomic E-state index is -3.95. The van der Waals surface area contributed by atoms with Crippen LogP contribution >= 0.6 is 0 Å². The molecular formula is C27H21N3O3S. The Hall–Kier alpha value is -4.07. The molecule has 0 spiro atoms. The van der Waals surface area contributed by atoms with E-state index < -0.39 is 15.9 Å². The van der Waals surface area contributed by atoms with Crippen molar-refractivity contribution in [1.29, 1.82) is 0 Å². The van der Waals surface area contributed by atoms with Crippen molar-refractivity contribution >= 4 is 37.7 Å². The molecular weight excluding hydrogens is 446 g/mol. The fourth-order valence-corrected chi connectivity index (χ4v) is 4.83. The van der Waals surface area contributed by atoms with Gasteiger partial charge in [0, 0.05) is 10.8 Å². The fraction of sp³-hybridized carbons (Fsp3) is 0.0370. The van der Waals surface area contributed by atoms with Crippen molar-refractivity contribution in [1.82, 2.24) is 15.2 Å². The number of fused-ring (bicyclic) bond motifs is 2. The van der Waals surface area contributed by atoms with Gasteiger partial charge in [-0.1, -0.05) is 78.4 Å². The maximum Gasteiger partial charge on any atom is 0.267 e. The van der Waals surface area contributed by atoms with Crippen LogP contribution in [0, 0.1) is 6.92 Å². The van der Waals surface area contributed by atoms with Gasteiger partial charge in [0.15, 0.2) is 0 Å². The van der Waals surface area contributed by atoms with Gasteiger partial charge in [-0.2, -0.15) is 0 Å². The summed E-state index contributed by atoms with van der Waals surface area (Å²) >= 11 is 0. The largest absolute Gasteiger partial charge is 0.273 e. The number of hydrazine groups is 1. The molecule has 0 aliphatic heterocycles. The molecule has 7 heteroatoms. The van der Waals surface area contributed by atoms with Gasteiger partial charge in [-0.15, -0.1) is 4.83 Å². The second-order valence-corrected chi connectivity index (χ2v) is 9.62. The molecule has 0 aliphatic carbocycles. The third-order valence-corrected chi connectivity index (χ3v) is 6.91. The Kier molecular flexibility index (Phi) is 5.57. The molecule has 2 N–H and O–H groups in total. The lowest BCUT2D eigenvalue weighted by Crippen LogP contribution is -2.41. The van der Waals surface area contributed by atoms with Gasteiger partial charge < -0.3 is 0 Å². The highest BCUT2D eigenvalue weighted by Crippen LogP contribution is 2.34. The summed E-state index contributed by atoms with van der Waals surface area (Å²) in [6.07, 6.45) is 0. The van der Waals surface area contributed by atoms with Crippen molar-refractivity contribution in [2.45, 2.75) is 11.8 Å². The van der Waals surface area contributed by atoms with E-state index in [0.29, 0.717) is 27.4 Å². The second-order valence-electron chi connectivity index (χ2n) is 7.94. The molecule has 0 saturated carbocycles. The van der Waals surface area contributed by atoms with Crippen LogP contribution in [0.5, 0.6) is 0 Å². The van der Waals surface area contributed by atoms with Crippen molar-refractivity contribution in [2.75, 3.05) is 0 Å². The molecule has 1 amide bonds. The standard InChI is InChI=1S/C27H21N3O3S/c1-18-14-16-20(17-15-18)34(32,33)30-29-27(31)26-22-10-5-6-12-23(22)28-24-13-7-11-21(25(24)26)19-8-3-2-4-9-19/h2-17,30H,1H3,(H,29,31). The van der Waals surface area contributed by atoms with Gasteiger partial charge in [-0.3, -0.25) is 10.2 Å². The number of nitrogens with one attached hydrogen (secondary N) is 2. The Morgan fingerprint density at radius 1 is 0.765 bits per heavy atom. The van der Waals surface area contributed by atoms with Crippen molar-refractivity contribution in [2.24, 2.45) is 0 Å². The highest BCUT2D eigenvalue weighted by atomic mass is 32.2. The predicted molar refractivity (Wildman–Crippen MR) is 134 cm³/mol. The SMILES string of the molecule is Cc1ccc(S(=O)(=O)NNC(=O)c2c3ccccc3nc3cccc(-c4ccccc4)c23)cc1. The van der Waals surface area contributed by atoms with E-state index >= 15 is 0 Å². The average molecular weight is 468 g/mol. The van der Waals surface area contributed by atoms with E-state index in [1.165, 1.54) is 12.1 Å². The second kappa shape index (κ2) is 8.70. The first-order valence-electron chi connectivity index (χ1n) is 10.7. The lowest BCUT2D eigenvalue weighted by Gasteiger charge is -2.15. The third kappa shape index (κ3) is 4.03. The highest BCUT2D eigenvalue weighted by molar-refractivity contribution is 7.89. The predicted octanol–water partition coefficient (Wildman–Crippen LogP) is 4.99. The molecule has 34 heavy (non-hydrogen) atoms. The van der Waals surface area contributed by atoms with Crippen LogP contribution in [0.2, 0.25) is 0 Å². The molecule has 1 aromatic heterocycles. The number of carbonyl (C=O) groups excluding carboxylic acids is 1. The summed E-state index contributed by atoms with van der Waals surface area (Å²) < 4.78 is 25.5. The molecule has 1 heterocycles. The van der Waals surface area contributed by atoms with Gasteiger partial charge in [-0.05, 0) is 42.3 Å². The highest BCUT2D eigenvalue weighted by Gasteiger charge is 2.21. The Labute approximate surface area is 197 Å². The van der Waals surface area contributed by atoms with Crippen molar-refractivity contribution in [3.8, 4) is 11.1 Å². The van der Waals surface area contributed by atoms with Gasteiger partial charge in [0.1, 0.15) is 0 Å². The molecule has 5 aromatic rings. The quantitative estimate of drug-likeness (QED) is 0.282. The van der Waals surface area contributed by atoms with Crippen LogP contribution < -0.4 is 10.3 Å². The number of hydrogen-bond donors (Lipinski definition) is 2. The average Bonchev–Trinajstić information content (AvgIpc) is 2.86. The summed E-state index contributed by atoms with van der Waals surface area (Å²) in [5.41, 5.74) is 6.76. The van der Waals surface area contributed by atoms with E-state index in [-0.39, 0.29) is 4.90 Å². The minimum absolute atomic E-state index is 0.0628. The lowest BCUT2D eigenvalue weighted by atomic mass is 9.94. The summed E-state index contributed by atoms with van der Waals surface area (Å²) in [5, 5.41) is 1.28. The summed E-state index contributed by atoms with van der Waals surface area (Å²) in [5.74, 6) is -0.567. The number of carbonyl (C=O) groups is 1. The molecule has 0 bridgehead atoms. The smallest absolute Gasteiger partial charge is 0.267 e. The van der Waals surface area contributed by atoms with Gasteiger partial charge in [0.05, 0.1) is 21.5 Å². The summed E-state index contributed by atoms with van der Waals surface area (Å²) in [7, 11) is -3.95. The number of para-hydroxylation sites is 1. The van der Waals surface area contributed by atoms with E-state index in [1.807, 2.05) is 79.7 Å². The Balaban J connectivity index is 1.64. The Bertz CT molecular complexity index is 1630. The molecule has 6 nitrogen and oxygen atoms in total. The zero-order valence-corrected chi connectivity index (χ0v) is 19.1. The van der Waals surface area contributed by atoms with E-state index in [4.69, 9.17) is 4.98 Å². The Morgan fingerprint density at radius 2 is 1.44 bits per heavy atom. The topological polar surface area (TPSA) is 88.2 Å². The monoisotopic (exact) mass is 467 g/mol. The molecule has 0 radical (unpaired) electrons. The summed E-state index contributed by atoms with van der Waals surface area (Å²) in [6, 6.07) is 29.1. The van der Waals surface area contributed by atoms with Gasteiger partial charge in [-0.25, -0.2) is 13.4 Å². The van der Waals surface area contributed by atoms with Gasteiger partial charge in [0.2, 0.25) is 0 Å². The van der Waals surface area contributed by atoms with E-state index in [9.17, 15) is 13.2 Å². The van der Waals surface area contributed by atoms with Crippen LogP contribution in [0.15, 0.2) is 102 Å². The molecule has 0 atom stereocenters. The van der Waals surface area contributed by atoms with E-state index in [1.54, 1.807) is 12.1 Å². The molecule has 0 aliphatic rings. The maximum absolute atomic E-state index is 13.5. The minimum Gasteiger partial charge on any atom is -0.273 e. The number of pyridine rings is 1. The maximum atomic E-state index is 13.5. The number of aromatic nitrogens is 1. The number of rotatable bonds is 5. The lowest BCUT2D eigenvalue weighted by molar-refractivity contribution is 0.0948. The molecule has 5 rings (SSSR count). The van der Waals surface area contributed by atoms with Crippen LogP contribution in [-0.2, 0) is 10.0 Å². The van der Waals surface area contributed by atoms with Crippen LogP contribution in [0.1, 0.15) is 15.9 Å². The fourth-order valence-electron chi connectivity index (χ4n) is 3.99. The Morgan fingerprint density at radius 3 is 2.21 bits per heavy atom. The number of sulfonamides is 1. The number of hydrogen-bond acceptors (Lipinski definition) is 4. The zero-order chi connectivity index (χ0) is 23.7. The molecule has 168 valence electrons. The van der Waals surface area contributed by atoms with Crippen LogP contribution in [0.3, 0.4) is 0 Å². The first-order valence-corrected chi connectivity index (χ1v) is 12.2. The number of aryl methyl sites for hydroxylation is 1. The van der Waals surface area contributed by atoms with Crippen molar-refractivity contribution in [3.05, 3.63) is 108 Å².